The minimum absolute atomic E-state index is 0.116. The van der Waals surface area contributed by atoms with Crippen LogP contribution in [0.4, 0.5) is 4.79 Å². The summed E-state index contributed by atoms with van der Waals surface area (Å²) in [6.07, 6.45) is 2.28. The van der Waals surface area contributed by atoms with Crippen LogP contribution < -0.4 is 16.0 Å². The lowest BCUT2D eigenvalue weighted by Gasteiger charge is -2.37. The first-order chi connectivity index (χ1) is 9.73. The third-order valence-corrected chi connectivity index (χ3v) is 3.86. The Labute approximate surface area is 128 Å². The van der Waals surface area contributed by atoms with Crippen LogP contribution in [0.15, 0.2) is 0 Å². The van der Waals surface area contributed by atoms with Gasteiger partial charge in [0.05, 0.1) is 6.04 Å². The topological polar surface area (TPSA) is 73.5 Å². The number of hydrogen-bond donors (Lipinski definition) is 3. The van der Waals surface area contributed by atoms with Crippen LogP contribution in [0.3, 0.4) is 0 Å². The van der Waals surface area contributed by atoms with Crippen LogP contribution in [0.25, 0.3) is 0 Å². The number of nitrogens with one attached hydrogen (secondary N) is 3. The smallest absolute Gasteiger partial charge is 0.321 e. The number of rotatable bonds is 4. The van der Waals surface area contributed by atoms with Crippen molar-refractivity contribution in [3.05, 3.63) is 0 Å². The molecule has 0 aromatic heterocycles. The fraction of sp³-hybridized carbons (Fsp3) is 0.867. The fourth-order valence-electron chi connectivity index (χ4n) is 2.51. The molecule has 0 aliphatic carbocycles. The number of likely N-dealkylation sites (tertiary alicyclic amines) is 1. The number of carbonyl (C=O) groups is 2. The van der Waals surface area contributed by atoms with Crippen molar-refractivity contribution >= 4 is 11.9 Å². The van der Waals surface area contributed by atoms with E-state index in [9.17, 15) is 9.59 Å². The van der Waals surface area contributed by atoms with E-state index in [1.807, 2.05) is 6.92 Å². The molecule has 6 nitrogen and oxygen atoms in total. The number of hydrogen-bond acceptors (Lipinski definition) is 4. The average molecular weight is 298 g/mol. The Hall–Kier alpha value is -1.14. The second-order valence-electron chi connectivity index (χ2n) is 6.88. The molecule has 122 valence electrons. The molecule has 6 heteroatoms. The van der Waals surface area contributed by atoms with Gasteiger partial charge in [-0.2, -0.15) is 0 Å². The number of imide groups is 1. The number of amides is 3. The summed E-state index contributed by atoms with van der Waals surface area (Å²) >= 11 is 0. The molecule has 1 aliphatic rings. The van der Waals surface area contributed by atoms with Crippen molar-refractivity contribution in [2.75, 3.05) is 26.7 Å². The molecule has 2 atom stereocenters. The molecule has 0 aromatic carbocycles. The van der Waals surface area contributed by atoms with Gasteiger partial charge >= 0.3 is 6.03 Å². The van der Waals surface area contributed by atoms with Crippen molar-refractivity contribution in [2.45, 2.75) is 52.1 Å². The maximum absolute atomic E-state index is 12.0. The molecule has 0 spiro atoms. The van der Waals surface area contributed by atoms with E-state index >= 15 is 0 Å². The van der Waals surface area contributed by atoms with E-state index in [1.54, 1.807) is 0 Å². The van der Waals surface area contributed by atoms with Crippen LogP contribution in [-0.4, -0.2) is 55.1 Å². The van der Waals surface area contributed by atoms with Crippen molar-refractivity contribution in [3.8, 4) is 0 Å². The zero-order valence-electron chi connectivity index (χ0n) is 14.0. The maximum Gasteiger partial charge on any atom is 0.321 e. The minimum atomic E-state index is -0.449. The quantitative estimate of drug-likeness (QED) is 0.722. The summed E-state index contributed by atoms with van der Waals surface area (Å²) in [5.74, 6) is 0.312. The Bertz CT molecular complexity index is 365. The van der Waals surface area contributed by atoms with Crippen molar-refractivity contribution in [2.24, 2.45) is 5.92 Å². The molecule has 0 bridgehead atoms. The molecule has 21 heavy (non-hydrogen) atoms. The number of piperidine rings is 1. The fourth-order valence-corrected chi connectivity index (χ4v) is 2.51. The lowest BCUT2D eigenvalue weighted by Crippen LogP contribution is -2.53. The van der Waals surface area contributed by atoms with Crippen LogP contribution in [0.1, 0.15) is 40.5 Å². The highest BCUT2D eigenvalue weighted by Crippen LogP contribution is 2.18. The molecule has 2 unspecified atom stereocenters. The lowest BCUT2D eigenvalue weighted by molar-refractivity contribution is -0.125. The summed E-state index contributed by atoms with van der Waals surface area (Å²) in [7, 11) is 1.50. The van der Waals surface area contributed by atoms with Gasteiger partial charge in [0.2, 0.25) is 5.91 Å². The van der Waals surface area contributed by atoms with Crippen molar-refractivity contribution in [3.63, 3.8) is 0 Å². The molecule has 0 aromatic rings. The largest absolute Gasteiger partial charge is 0.341 e. The second-order valence-corrected chi connectivity index (χ2v) is 6.88. The van der Waals surface area contributed by atoms with E-state index in [0.29, 0.717) is 5.92 Å². The summed E-state index contributed by atoms with van der Waals surface area (Å²) in [4.78, 5) is 25.4. The predicted octanol–water partition coefficient (Wildman–Crippen LogP) is 0.931. The van der Waals surface area contributed by atoms with Gasteiger partial charge in [-0.25, -0.2) is 4.79 Å². The summed E-state index contributed by atoms with van der Waals surface area (Å²) < 4.78 is 0. The molecule has 0 radical (unpaired) electrons. The first-order valence-corrected chi connectivity index (χ1v) is 7.74. The van der Waals surface area contributed by atoms with Crippen LogP contribution in [0.5, 0.6) is 0 Å². The third kappa shape index (κ3) is 6.44. The Balaban J connectivity index is 2.47. The molecular formula is C15H30N4O2. The van der Waals surface area contributed by atoms with Gasteiger partial charge in [-0.1, -0.05) is 0 Å². The zero-order chi connectivity index (χ0) is 16.0. The molecular weight excluding hydrogens is 268 g/mol. The number of carbonyl (C=O) groups excluding carboxylic acids is 2. The molecule has 1 heterocycles. The van der Waals surface area contributed by atoms with Gasteiger partial charge < -0.3 is 10.6 Å². The summed E-state index contributed by atoms with van der Waals surface area (Å²) in [6, 6.07) is -0.727. The van der Waals surface area contributed by atoms with E-state index < -0.39 is 6.03 Å². The Morgan fingerprint density at radius 3 is 2.57 bits per heavy atom. The van der Waals surface area contributed by atoms with E-state index in [2.05, 4.69) is 41.6 Å². The van der Waals surface area contributed by atoms with Crippen molar-refractivity contribution in [1.29, 1.82) is 0 Å². The van der Waals surface area contributed by atoms with Gasteiger partial charge in [0.25, 0.3) is 0 Å². The second kappa shape index (κ2) is 7.75. The van der Waals surface area contributed by atoms with Gasteiger partial charge in [-0.15, -0.1) is 0 Å². The predicted molar refractivity (Wildman–Crippen MR) is 84.1 cm³/mol. The van der Waals surface area contributed by atoms with Gasteiger partial charge in [0.1, 0.15) is 0 Å². The molecule has 3 N–H and O–H groups in total. The van der Waals surface area contributed by atoms with Crippen molar-refractivity contribution in [1.82, 2.24) is 20.9 Å². The Morgan fingerprint density at radius 1 is 1.33 bits per heavy atom. The van der Waals surface area contributed by atoms with E-state index in [0.717, 1.165) is 26.1 Å². The van der Waals surface area contributed by atoms with Gasteiger partial charge in [0, 0.05) is 19.1 Å². The monoisotopic (exact) mass is 298 g/mol. The average Bonchev–Trinajstić information content (AvgIpc) is 2.43. The van der Waals surface area contributed by atoms with Crippen LogP contribution in [-0.2, 0) is 4.79 Å². The standard InChI is InChI=1S/C15H30N4O2/c1-11(13(20)18-14(21)16-5)19-8-6-7-12(10-19)9-17-15(2,3)4/h11-12,17H,6-10H2,1-5H3,(H2,16,18,20,21). The maximum atomic E-state index is 12.0. The normalized spacial score (nSPS) is 21.7. The molecule has 1 aliphatic heterocycles. The first-order valence-electron chi connectivity index (χ1n) is 7.74. The summed E-state index contributed by atoms with van der Waals surface area (Å²) in [5.41, 5.74) is 0.116. The van der Waals surface area contributed by atoms with Gasteiger partial charge in [0.15, 0.2) is 0 Å². The van der Waals surface area contributed by atoms with Crippen LogP contribution in [0.2, 0.25) is 0 Å². The number of urea groups is 1. The molecule has 0 saturated carbocycles. The highest BCUT2D eigenvalue weighted by molar-refractivity contribution is 5.96. The highest BCUT2D eigenvalue weighted by atomic mass is 16.2. The van der Waals surface area contributed by atoms with E-state index in [4.69, 9.17) is 0 Å². The van der Waals surface area contributed by atoms with Gasteiger partial charge in [-0.05, 0) is 59.5 Å². The first kappa shape index (κ1) is 17.9. The third-order valence-electron chi connectivity index (χ3n) is 3.86. The van der Waals surface area contributed by atoms with Crippen LogP contribution >= 0.6 is 0 Å². The van der Waals surface area contributed by atoms with Crippen LogP contribution in [0, 0.1) is 5.92 Å². The summed E-state index contributed by atoms with van der Waals surface area (Å²) in [5, 5.41) is 8.28. The molecule has 3 amide bonds. The minimum Gasteiger partial charge on any atom is -0.341 e. The molecule has 1 fully saturated rings. The van der Waals surface area contributed by atoms with E-state index in [1.165, 1.54) is 13.5 Å². The van der Waals surface area contributed by atoms with Crippen molar-refractivity contribution < 1.29 is 9.59 Å². The molecule has 1 rings (SSSR count). The number of nitrogens with zero attached hydrogens (tertiary/aromatic N) is 1. The Morgan fingerprint density at radius 2 is 2.00 bits per heavy atom. The van der Waals surface area contributed by atoms with E-state index in [-0.39, 0.29) is 17.5 Å². The lowest BCUT2D eigenvalue weighted by atomic mass is 9.95. The van der Waals surface area contributed by atoms with Gasteiger partial charge in [-0.3, -0.25) is 15.0 Å². The Kier molecular flexibility index (Phi) is 6.61. The SMILES string of the molecule is CNC(=O)NC(=O)C(C)N1CCCC(CNC(C)(C)C)C1. The zero-order valence-corrected chi connectivity index (χ0v) is 14.0. The summed E-state index contributed by atoms with van der Waals surface area (Å²) in [6.45, 7) is 11.1. The highest BCUT2D eigenvalue weighted by Gasteiger charge is 2.28. The molecule has 1 saturated heterocycles.